The first kappa shape index (κ1) is 16.5. The fourth-order valence-electron chi connectivity index (χ4n) is 3.10. The average molecular weight is 325 g/mol. The molecule has 4 heteroatoms. The van der Waals surface area contributed by atoms with Crippen molar-refractivity contribution in [3.63, 3.8) is 0 Å². The summed E-state index contributed by atoms with van der Waals surface area (Å²) >= 11 is 0. The number of methoxy groups -OCH3 is 1. The maximum atomic E-state index is 12.8. The molecule has 2 aromatic carbocycles. The van der Waals surface area contributed by atoms with E-state index in [2.05, 4.69) is 0 Å². The number of β-amino-alcohol motifs (C(OH)–C–C–N with tert-alkyl or cyclic N) is 1. The zero-order chi connectivity index (χ0) is 17.1. The van der Waals surface area contributed by atoms with E-state index in [0.29, 0.717) is 18.7 Å². The minimum absolute atomic E-state index is 0.0409. The molecule has 0 spiro atoms. The number of rotatable bonds is 3. The van der Waals surface area contributed by atoms with Gasteiger partial charge in [0.05, 0.1) is 13.2 Å². The molecule has 2 unspecified atom stereocenters. The van der Waals surface area contributed by atoms with Gasteiger partial charge in [0, 0.05) is 24.2 Å². The van der Waals surface area contributed by atoms with Crippen LogP contribution in [0.15, 0.2) is 48.5 Å². The summed E-state index contributed by atoms with van der Waals surface area (Å²) in [5.41, 5.74) is 2.53. The summed E-state index contributed by atoms with van der Waals surface area (Å²) < 4.78 is 5.45. The Kier molecular flexibility index (Phi) is 4.86. The molecule has 1 aliphatic rings. The standard InChI is InChI=1S/C20H23NO3/c1-14-10-11-21(13-18(14)22)20(23)16-8-9-19(24-2)17(12-16)15-6-4-3-5-7-15/h3-9,12,14,18,22H,10-11,13H2,1-2H3. The molecule has 3 rings (SSSR count). The van der Waals surface area contributed by atoms with Crippen LogP contribution >= 0.6 is 0 Å². The number of carbonyl (C=O) groups is 1. The quantitative estimate of drug-likeness (QED) is 0.943. The number of aliphatic hydroxyl groups excluding tert-OH is 1. The van der Waals surface area contributed by atoms with Crippen molar-refractivity contribution in [1.82, 2.24) is 4.90 Å². The molecular formula is C20H23NO3. The first-order valence-electron chi connectivity index (χ1n) is 8.31. The number of piperidine rings is 1. The number of aliphatic hydroxyl groups is 1. The number of amides is 1. The molecule has 4 nitrogen and oxygen atoms in total. The Morgan fingerprint density at radius 2 is 1.96 bits per heavy atom. The van der Waals surface area contributed by atoms with Gasteiger partial charge in [0.2, 0.25) is 0 Å². The van der Waals surface area contributed by atoms with E-state index in [1.165, 1.54) is 0 Å². The van der Waals surface area contributed by atoms with E-state index in [9.17, 15) is 9.90 Å². The molecule has 0 aliphatic carbocycles. The van der Waals surface area contributed by atoms with Gasteiger partial charge in [-0.1, -0.05) is 37.3 Å². The molecule has 0 bridgehead atoms. The summed E-state index contributed by atoms with van der Waals surface area (Å²) in [6.07, 6.45) is 0.378. The van der Waals surface area contributed by atoms with Crippen molar-refractivity contribution in [3.05, 3.63) is 54.1 Å². The molecule has 1 amide bonds. The number of likely N-dealkylation sites (tertiary alicyclic amines) is 1. The summed E-state index contributed by atoms with van der Waals surface area (Å²) in [4.78, 5) is 14.5. The molecule has 126 valence electrons. The van der Waals surface area contributed by atoms with Crippen LogP contribution in [0.1, 0.15) is 23.7 Å². The zero-order valence-corrected chi connectivity index (χ0v) is 14.1. The van der Waals surface area contributed by atoms with E-state index in [-0.39, 0.29) is 11.8 Å². The summed E-state index contributed by atoms with van der Waals surface area (Å²) in [6, 6.07) is 15.4. The average Bonchev–Trinajstić information content (AvgIpc) is 2.63. The summed E-state index contributed by atoms with van der Waals surface area (Å²) in [5.74, 6) is 0.940. The highest BCUT2D eigenvalue weighted by Gasteiger charge is 2.28. The minimum atomic E-state index is -0.449. The SMILES string of the molecule is COc1ccc(C(=O)N2CCC(C)C(O)C2)cc1-c1ccccc1. The summed E-state index contributed by atoms with van der Waals surface area (Å²) in [5, 5.41) is 10.0. The van der Waals surface area contributed by atoms with Crippen LogP contribution in [0.4, 0.5) is 0 Å². The summed E-state index contributed by atoms with van der Waals surface area (Å²) in [6.45, 7) is 3.10. The van der Waals surface area contributed by atoms with Gasteiger partial charge < -0.3 is 14.7 Å². The van der Waals surface area contributed by atoms with E-state index >= 15 is 0 Å². The smallest absolute Gasteiger partial charge is 0.253 e. The maximum Gasteiger partial charge on any atom is 0.253 e. The molecule has 2 atom stereocenters. The van der Waals surface area contributed by atoms with Crippen molar-refractivity contribution in [2.24, 2.45) is 5.92 Å². The number of nitrogens with zero attached hydrogens (tertiary/aromatic N) is 1. The molecular weight excluding hydrogens is 302 g/mol. The molecule has 0 saturated carbocycles. The van der Waals surface area contributed by atoms with Gasteiger partial charge in [-0.15, -0.1) is 0 Å². The van der Waals surface area contributed by atoms with Gasteiger partial charge >= 0.3 is 0 Å². The fraction of sp³-hybridized carbons (Fsp3) is 0.350. The van der Waals surface area contributed by atoms with E-state index in [1.54, 1.807) is 18.1 Å². The number of benzene rings is 2. The zero-order valence-electron chi connectivity index (χ0n) is 14.1. The van der Waals surface area contributed by atoms with Crippen LogP contribution in [0, 0.1) is 5.92 Å². The third-order valence-electron chi connectivity index (χ3n) is 4.74. The van der Waals surface area contributed by atoms with Crippen LogP contribution in [0.3, 0.4) is 0 Å². The fourth-order valence-corrected chi connectivity index (χ4v) is 3.10. The number of hydrogen-bond donors (Lipinski definition) is 1. The van der Waals surface area contributed by atoms with Gasteiger partial charge in [0.25, 0.3) is 5.91 Å². The van der Waals surface area contributed by atoms with Crippen molar-refractivity contribution in [3.8, 4) is 16.9 Å². The molecule has 0 aromatic heterocycles. The lowest BCUT2D eigenvalue weighted by atomic mass is 9.95. The van der Waals surface area contributed by atoms with Gasteiger partial charge in [0.15, 0.2) is 0 Å². The van der Waals surface area contributed by atoms with Crippen molar-refractivity contribution >= 4 is 5.91 Å². The lowest BCUT2D eigenvalue weighted by Crippen LogP contribution is -2.45. The maximum absolute atomic E-state index is 12.8. The van der Waals surface area contributed by atoms with Crippen molar-refractivity contribution < 1.29 is 14.6 Å². The monoisotopic (exact) mass is 325 g/mol. The largest absolute Gasteiger partial charge is 0.496 e. The molecule has 2 aromatic rings. The van der Waals surface area contributed by atoms with E-state index < -0.39 is 6.10 Å². The highest BCUT2D eigenvalue weighted by atomic mass is 16.5. The molecule has 1 fully saturated rings. The van der Waals surface area contributed by atoms with Gasteiger partial charge in [-0.3, -0.25) is 4.79 Å². The summed E-state index contributed by atoms with van der Waals surface area (Å²) in [7, 11) is 1.63. The van der Waals surface area contributed by atoms with Gasteiger partial charge in [-0.05, 0) is 36.1 Å². The first-order chi connectivity index (χ1) is 11.6. The van der Waals surface area contributed by atoms with Crippen LogP contribution in [-0.4, -0.2) is 42.2 Å². The van der Waals surface area contributed by atoms with Crippen LogP contribution in [-0.2, 0) is 0 Å². The molecule has 1 N–H and O–H groups in total. The predicted molar refractivity (Wildman–Crippen MR) is 94.1 cm³/mol. The minimum Gasteiger partial charge on any atom is -0.496 e. The van der Waals surface area contributed by atoms with Crippen molar-refractivity contribution in [1.29, 1.82) is 0 Å². The van der Waals surface area contributed by atoms with Crippen LogP contribution in [0.5, 0.6) is 5.75 Å². The Morgan fingerprint density at radius 3 is 2.62 bits per heavy atom. The first-order valence-corrected chi connectivity index (χ1v) is 8.31. The Bertz CT molecular complexity index is 714. The topological polar surface area (TPSA) is 49.8 Å². The number of carbonyl (C=O) groups excluding carboxylic acids is 1. The molecule has 1 aliphatic heterocycles. The van der Waals surface area contributed by atoms with Gasteiger partial charge in [-0.2, -0.15) is 0 Å². The molecule has 1 saturated heterocycles. The third kappa shape index (κ3) is 3.29. The second-order valence-corrected chi connectivity index (χ2v) is 6.37. The lowest BCUT2D eigenvalue weighted by Gasteiger charge is -2.34. The number of hydrogen-bond acceptors (Lipinski definition) is 3. The molecule has 1 heterocycles. The van der Waals surface area contributed by atoms with E-state index in [4.69, 9.17) is 4.74 Å². The Hall–Kier alpha value is -2.33. The van der Waals surface area contributed by atoms with Gasteiger partial charge in [0.1, 0.15) is 5.75 Å². The Balaban J connectivity index is 1.90. The third-order valence-corrected chi connectivity index (χ3v) is 4.74. The van der Waals surface area contributed by atoms with Gasteiger partial charge in [-0.25, -0.2) is 0 Å². The normalized spacial score (nSPS) is 20.7. The highest BCUT2D eigenvalue weighted by molar-refractivity contribution is 5.96. The number of ether oxygens (including phenoxy) is 1. The molecule has 0 radical (unpaired) electrons. The Morgan fingerprint density at radius 1 is 1.21 bits per heavy atom. The van der Waals surface area contributed by atoms with E-state index in [0.717, 1.165) is 23.3 Å². The highest BCUT2D eigenvalue weighted by Crippen LogP contribution is 2.31. The second-order valence-electron chi connectivity index (χ2n) is 6.37. The van der Waals surface area contributed by atoms with Crippen LogP contribution < -0.4 is 4.74 Å². The van der Waals surface area contributed by atoms with Crippen molar-refractivity contribution in [2.45, 2.75) is 19.4 Å². The lowest BCUT2D eigenvalue weighted by molar-refractivity contribution is 0.0248. The Labute approximate surface area is 142 Å². The van der Waals surface area contributed by atoms with Crippen LogP contribution in [0.2, 0.25) is 0 Å². The van der Waals surface area contributed by atoms with E-state index in [1.807, 2.05) is 49.4 Å². The van der Waals surface area contributed by atoms with Crippen molar-refractivity contribution in [2.75, 3.05) is 20.2 Å². The second kappa shape index (κ2) is 7.05. The molecule has 24 heavy (non-hydrogen) atoms. The predicted octanol–water partition coefficient (Wildman–Crippen LogP) is 3.21. The van der Waals surface area contributed by atoms with Crippen LogP contribution in [0.25, 0.3) is 11.1 Å².